The van der Waals surface area contributed by atoms with Crippen LogP contribution in [0.4, 0.5) is 8.78 Å². The monoisotopic (exact) mass is 597 g/mol. The highest BCUT2D eigenvalue weighted by Crippen LogP contribution is 2.48. The van der Waals surface area contributed by atoms with Gasteiger partial charge < -0.3 is 23.9 Å². The molecule has 2 heterocycles. The summed E-state index contributed by atoms with van der Waals surface area (Å²) in [5.74, 6) is -3.91. The summed E-state index contributed by atoms with van der Waals surface area (Å²) >= 11 is 0. The molecule has 12 nitrogen and oxygen atoms in total. The normalized spacial score (nSPS) is 25.9. The molecule has 1 aromatic heterocycles. The Morgan fingerprint density at radius 2 is 1.85 bits per heavy atom. The molecule has 4 rings (SSSR count). The summed E-state index contributed by atoms with van der Waals surface area (Å²) in [4.78, 5) is 44.7. The molecule has 15 heteroatoms. The van der Waals surface area contributed by atoms with Crippen molar-refractivity contribution in [3.8, 4) is 5.75 Å². The minimum absolute atomic E-state index is 0.204. The van der Waals surface area contributed by atoms with Gasteiger partial charge in [0.1, 0.15) is 12.6 Å². The second kappa shape index (κ2) is 11.8. The van der Waals surface area contributed by atoms with Crippen LogP contribution < -0.4 is 16.1 Å². The number of nitrogens with one attached hydrogen (secondary N) is 1. The van der Waals surface area contributed by atoms with Crippen molar-refractivity contribution in [2.24, 2.45) is 0 Å². The number of aliphatic hydroxyl groups excluding tert-OH is 1. The van der Waals surface area contributed by atoms with Gasteiger partial charge in [0.2, 0.25) is 0 Å². The van der Waals surface area contributed by atoms with Gasteiger partial charge in [-0.2, -0.15) is 0 Å². The standard InChI is InChI=1S/C26H30F2N3O9P/c1-15(2)38-21(33)16(3)31(40-19-11-7-9-17-8-5-6-10-18(17)19)41(36)37-14-26(28)22(34)25(4,27)23(39-26)30-13-12-20(32)29-24(30)35/h5-13,15-16,22-23,34,41H,14H2,1-4H3,(H,29,32,35)/t16?,22-,23+,25+,26+/m0/s1. The molecule has 1 aliphatic rings. The molecule has 1 unspecified atom stereocenters. The highest BCUT2D eigenvalue weighted by atomic mass is 31.1. The van der Waals surface area contributed by atoms with Crippen molar-refractivity contribution in [2.45, 2.75) is 63.7 Å². The van der Waals surface area contributed by atoms with Gasteiger partial charge >= 0.3 is 11.7 Å². The maximum atomic E-state index is 15.8. The molecule has 0 aliphatic carbocycles. The maximum Gasteiger partial charge on any atom is 0.330 e. The predicted molar refractivity (Wildman–Crippen MR) is 143 cm³/mol. The van der Waals surface area contributed by atoms with Crippen molar-refractivity contribution in [2.75, 3.05) is 6.61 Å². The predicted octanol–water partition coefficient (Wildman–Crippen LogP) is 3.02. The summed E-state index contributed by atoms with van der Waals surface area (Å²) in [5, 5.41) is 11.9. The first-order valence-corrected chi connectivity index (χ1v) is 13.9. The van der Waals surface area contributed by atoms with Gasteiger partial charge in [-0.05, 0) is 39.1 Å². The van der Waals surface area contributed by atoms with Gasteiger partial charge in [0, 0.05) is 17.6 Å². The molecule has 222 valence electrons. The van der Waals surface area contributed by atoms with Gasteiger partial charge in [-0.25, -0.2) is 13.6 Å². The molecule has 0 bridgehead atoms. The minimum Gasteiger partial charge on any atom is -0.462 e. The number of esters is 1. The zero-order valence-electron chi connectivity index (χ0n) is 22.6. The first kappa shape index (κ1) is 30.5. The smallest absolute Gasteiger partial charge is 0.330 e. The Labute approximate surface area is 233 Å². The van der Waals surface area contributed by atoms with Crippen molar-refractivity contribution < 1.29 is 42.1 Å². The number of fused-ring (bicyclic) bond motifs is 1. The third-order valence-corrected chi connectivity index (χ3v) is 7.63. The van der Waals surface area contributed by atoms with Crippen LogP contribution in [0, 0.1) is 0 Å². The van der Waals surface area contributed by atoms with Crippen LogP contribution in [0.5, 0.6) is 5.75 Å². The van der Waals surface area contributed by atoms with Gasteiger partial charge in [0.05, 0.1) is 6.10 Å². The molecule has 6 atom stereocenters. The summed E-state index contributed by atoms with van der Waals surface area (Å²) in [6.07, 6.45) is -4.16. The number of carbonyl (C=O) groups excluding carboxylic acids is 1. The van der Waals surface area contributed by atoms with E-state index < -0.39 is 68.0 Å². The molecular weight excluding hydrogens is 567 g/mol. The molecule has 0 amide bonds. The Balaban J connectivity index is 1.59. The number of carbonyl (C=O) groups is 1. The summed E-state index contributed by atoms with van der Waals surface area (Å²) < 4.78 is 60.8. The quantitative estimate of drug-likeness (QED) is 0.203. The Morgan fingerprint density at radius 1 is 1.17 bits per heavy atom. The minimum atomic E-state index is -3.66. The van der Waals surface area contributed by atoms with Crippen molar-refractivity contribution in [3.05, 3.63) is 75.6 Å². The number of aromatic nitrogens is 2. The summed E-state index contributed by atoms with van der Waals surface area (Å²) in [5.41, 5.74) is -4.77. The van der Waals surface area contributed by atoms with E-state index in [9.17, 15) is 24.1 Å². The lowest BCUT2D eigenvalue weighted by Crippen LogP contribution is -2.47. The Bertz CT molecular complexity index is 1560. The molecular formula is C26H30F2N3O9P. The third-order valence-electron chi connectivity index (χ3n) is 6.40. The number of aromatic amines is 1. The van der Waals surface area contributed by atoms with Crippen molar-refractivity contribution in [1.29, 1.82) is 0 Å². The lowest BCUT2D eigenvalue weighted by molar-refractivity contribution is -0.204. The van der Waals surface area contributed by atoms with E-state index >= 15 is 8.78 Å². The van der Waals surface area contributed by atoms with Gasteiger partial charge in [-0.15, -0.1) is 0 Å². The number of H-pyrrole nitrogens is 1. The van der Waals surface area contributed by atoms with Crippen LogP contribution in [0.25, 0.3) is 10.8 Å². The average molecular weight is 598 g/mol. The molecule has 2 N–H and O–H groups in total. The first-order chi connectivity index (χ1) is 19.2. The van der Waals surface area contributed by atoms with Crippen molar-refractivity contribution in [3.63, 3.8) is 0 Å². The fourth-order valence-corrected chi connectivity index (χ4v) is 5.32. The maximum absolute atomic E-state index is 15.8. The van der Waals surface area contributed by atoms with E-state index in [-0.39, 0.29) is 5.75 Å². The van der Waals surface area contributed by atoms with Gasteiger partial charge in [-0.3, -0.25) is 23.7 Å². The summed E-state index contributed by atoms with van der Waals surface area (Å²) in [6, 6.07) is 11.7. The zero-order valence-corrected chi connectivity index (χ0v) is 23.6. The molecule has 0 saturated carbocycles. The summed E-state index contributed by atoms with van der Waals surface area (Å²) in [7, 11) is -3.66. The van der Waals surface area contributed by atoms with Gasteiger partial charge in [0.25, 0.3) is 19.6 Å². The van der Waals surface area contributed by atoms with E-state index in [2.05, 4.69) is 0 Å². The fourth-order valence-electron chi connectivity index (χ4n) is 4.28. The van der Waals surface area contributed by atoms with Crippen LogP contribution in [0.1, 0.15) is 33.9 Å². The Morgan fingerprint density at radius 3 is 2.54 bits per heavy atom. The van der Waals surface area contributed by atoms with Crippen LogP contribution in [0.3, 0.4) is 0 Å². The van der Waals surface area contributed by atoms with Gasteiger partial charge in [0.15, 0.2) is 23.8 Å². The number of aliphatic hydroxyl groups is 1. The van der Waals surface area contributed by atoms with Crippen molar-refractivity contribution >= 4 is 24.9 Å². The van der Waals surface area contributed by atoms with E-state index in [1.807, 2.05) is 17.1 Å². The Hall–Kier alpha value is -3.42. The molecule has 0 spiro atoms. The lowest BCUT2D eigenvalue weighted by Gasteiger charge is -2.29. The van der Waals surface area contributed by atoms with Crippen LogP contribution >= 0.6 is 8.18 Å². The van der Waals surface area contributed by atoms with E-state index in [0.29, 0.717) is 14.8 Å². The Kier molecular flexibility index (Phi) is 8.81. The number of benzene rings is 2. The molecule has 1 aliphatic heterocycles. The summed E-state index contributed by atoms with van der Waals surface area (Å²) in [6.45, 7) is 4.09. The number of alkyl halides is 2. The number of halogens is 2. The highest BCUT2D eigenvalue weighted by molar-refractivity contribution is 7.36. The number of ether oxygens (including phenoxy) is 2. The van der Waals surface area contributed by atoms with E-state index in [4.69, 9.17) is 18.8 Å². The molecule has 2 aromatic carbocycles. The number of hydroxylamine groups is 1. The molecule has 41 heavy (non-hydrogen) atoms. The van der Waals surface area contributed by atoms with E-state index in [1.54, 1.807) is 44.2 Å². The van der Waals surface area contributed by atoms with Crippen LogP contribution in [-0.2, 0) is 23.4 Å². The molecule has 0 radical (unpaired) electrons. The number of hydrogen-bond acceptors (Lipinski definition) is 9. The molecule has 3 aromatic rings. The number of nitrogens with zero attached hydrogens (tertiary/aromatic N) is 2. The second-order valence-electron chi connectivity index (χ2n) is 9.94. The van der Waals surface area contributed by atoms with Crippen LogP contribution in [-0.4, -0.2) is 61.8 Å². The second-order valence-corrected chi connectivity index (χ2v) is 11.2. The number of hydrogen-bond donors (Lipinski definition) is 2. The third kappa shape index (κ3) is 6.26. The topological polar surface area (TPSA) is 149 Å². The van der Waals surface area contributed by atoms with E-state index in [0.717, 1.165) is 24.6 Å². The largest absolute Gasteiger partial charge is 0.462 e. The lowest BCUT2D eigenvalue weighted by atomic mass is 9.97. The molecule has 1 saturated heterocycles. The molecule has 1 fully saturated rings. The number of rotatable bonds is 10. The van der Waals surface area contributed by atoms with E-state index in [1.165, 1.54) is 6.92 Å². The van der Waals surface area contributed by atoms with Crippen molar-refractivity contribution in [1.82, 2.24) is 14.4 Å². The van der Waals surface area contributed by atoms with Crippen LogP contribution in [0.2, 0.25) is 0 Å². The fraction of sp³-hybridized carbons (Fsp3) is 0.423. The zero-order chi connectivity index (χ0) is 30.1. The first-order valence-electron chi connectivity index (χ1n) is 12.6. The van der Waals surface area contributed by atoms with Gasteiger partial charge in [-0.1, -0.05) is 41.2 Å². The highest BCUT2D eigenvalue weighted by Gasteiger charge is 2.65. The van der Waals surface area contributed by atoms with Crippen LogP contribution in [0.15, 0.2) is 64.3 Å². The average Bonchev–Trinajstić information content (AvgIpc) is 3.09. The SMILES string of the molecule is CC(C)OC(=O)C(C)N(Oc1cccc2ccccc12)[P@@H](=O)OC[C@@]1(F)O[C@@H](n2ccc(=O)[nH]c2=O)[C@](C)(F)[C@@H]1O.